The summed E-state index contributed by atoms with van der Waals surface area (Å²) in [5, 5.41) is 9.46. The van der Waals surface area contributed by atoms with Gasteiger partial charge in [0.25, 0.3) is 0 Å². The van der Waals surface area contributed by atoms with E-state index in [0.29, 0.717) is 19.6 Å². The highest BCUT2D eigenvalue weighted by atomic mass is 16.6. The van der Waals surface area contributed by atoms with Crippen molar-refractivity contribution in [3.8, 4) is 0 Å². The molecule has 0 aliphatic carbocycles. The van der Waals surface area contributed by atoms with Gasteiger partial charge in [-0.1, -0.05) is 122 Å². The molecule has 0 aromatic heterocycles. The lowest BCUT2D eigenvalue weighted by Gasteiger charge is -2.15. The first-order valence-corrected chi connectivity index (χ1v) is 14.8. The summed E-state index contributed by atoms with van der Waals surface area (Å²) in [5.74, 6) is -0.206. The standard InChI is InChI=1S/C30H58O4/c1-3-5-7-9-11-13-15-16-18-20-22-24-26-33-28-29(27-31)34-30(32)25-23-21-19-17-14-12-10-8-6-4-2/h9,11,29,31H,3-8,10,12-28H2,1-2H3/b11-9-. The Labute approximate surface area is 212 Å². The number of allylic oxidation sites excluding steroid dienone is 2. The van der Waals surface area contributed by atoms with Gasteiger partial charge in [0.15, 0.2) is 0 Å². The number of hydrogen-bond acceptors (Lipinski definition) is 4. The molecule has 0 aromatic carbocycles. The van der Waals surface area contributed by atoms with Crippen LogP contribution in [0.25, 0.3) is 0 Å². The summed E-state index contributed by atoms with van der Waals surface area (Å²) in [4.78, 5) is 12.0. The number of aliphatic hydroxyl groups excluding tert-OH is 1. The molecule has 0 amide bonds. The molecule has 34 heavy (non-hydrogen) atoms. The zero-order valence-electron chi connectivity index (χ0n) is 22.9. The Balaban J connectivity index is 3.45. The van der Waals surface area contributed by atoms with Crippen LogP contribution in [0, 0.1) is 0 Å². The smallest absolute Gasteiger partial charge is 0.306 e. The summed E-state index contributed by atoms with van der Waals surface area (Å²) in [5.41, 5.74) is 0. The molecule has 0 rings (SSSR count). The van der Waals surface area contributed by atoms with Crippen molar-refractivity contribution in [3.05, 3.63) is 12.2 Å². The summed E-state index contributed by atoms with van der Waals surface area (Å²) in [7, 11) is 0. The van der Waals surface area contributed by atoms with Crippen LogP contribution in [0.3, 0.4) is 0 Å². The maximum absolute atomic E-state index is 12.0. The Morgan fingerprint density at radius 2 is 1.18 bits per heavy atom. The second kappa shape index (κ2) is 28.4. The van der Waals surface area contributed by atoms with Crippen molar-refractivity contribution in [2.24, 2.45) is 0 Å². The Morgan fingerprint density at radius 3 is 1.76 bits per heavy atom. The SMILES string of the molecule is CCCC/C=C\CCCCCCCCOCC(CO)OC(=O)CCCCCCCCCCCC. The Kier molecular flexibility index (Phi) is 27.6. The maximum atomic E-state index is 12.0. The number of rotatable bonds is 27. The van der Waals surface area contributed by atoms with Crippen LogP contribution < -0.4 is 0 Å². The zero-order chi connectivity index (χ0) is 25.0. The van der Waals surface area contributed by atoms with E-state index in [9.17, 15) is 9.90 Å². The predicted molar refractivity (Wildman–Crippen MR) is 145 cm³/mol. The highest BCUT2D eigenvalue weighted by Crippen LogP contribution is 2.12. The fourth-order valence-electron chi connectivity index (χ4n) is 4.07. The molecule has 202 valence electrons. The highest BCUT2D eigenvalue weighted by Gasteiger charge is 2.13. The van der Waals surface area contributed by atoms with E-state index in [1.165, 1.54) is 109 Å². The second-order valence-corrected chi connectivity index (χ2v) is 9.82. The first kappa shape index (κ1) is 33.1. The fourth-order valence-corrected chi connectivity index (χ4v) is 4.07. The molecular weight excluding hydrogens is 424 g/mol. The van der Waals surface area contributed by atoms with Gasteiger partial charge in [-0.25, -0.2) is 0 Å². The van der Waals surface area contributed by atoms with Gasteiger partial charge in [0.05, 0.1) is 13.2 Å². The van der Waals surface area contributed by atoms with Crippen LogP contribution in [0.4, 0.5) is 0 Å². The van der Waals surface area contributed by atoms with Crippen LogP contribution in [0.5, 0.6) is 0 Å². The lowest BCUT2D eigenvalue weighted by molar-refractivity contribution is -0.154. The van der Waals surface area contributed by atoms with Gasteiger partial charge >= 0.3 is 5.97 Å². The third kappa shape index (κ3) is 25.7. The normalized spacial score (nSPS) is 12.4. The lowest BCUT2D eigenvalue weighted by Crippen LogP contribution is -2.27. The van der Waals surface area contributed by atoms with Crippen LogP contribution in [0.15, 0.2) is 12.2 Å². The van der Waals surface area contributed by atoms with Crippen molar-refractivity contribution in [3.63, 3.8) is 0 Å². The first-order chi connectivity index (χ1) is 16.7. The van der Waals surface area contributed by atoms with Gasteiger partial charge in [-0.05, 0) is 32.1 Å². The van der Waals surface area contributed by atoms with Gasteiger partial charge in [0, 0.05) is 13.0 Å². The van der Waals surface area contributed by atoms with E-state index < -0.39 is 6.10 Å². The highest BCUT2D eigenvalue weighted by molar-refractivity contribution is 5.69. The summed E-state index contributed by atoms with van der Waals surface area (Å²) in [6.07, 6.45) is 29.4. The van der Waals surface area contributed by atoms with Crippen molar-refractivity contribution in [2.75, 3.05) is 19.8 Å². The van der Waals surface area contributed by atoms with E-state index >= 15 is 0 Å². The zero-order valence-corrected chi connectivity index (χ0v) is 22.9. The number of aliphatic hydroxyl groups is 1. The molecular formula is C30H58O4. The van der Waals surface area contributed by atoms with Crippen molar-refractivity contribution in [1.82, 2.24) is 0 Å². The Bertz CT molecular complexity index is 436. The van der Waals surface area contributed by atoms with Crippen molar-refractivity contribution < 1.29 is 19.4 Å². The van der Waals surface area contributed by atoms with Gasteiger partial charge in [0.1, 0.15) is 6.10 Å². The molecule has 1 atom stereocenters. The monoisotopic (exact) mass is 482 g/mol. The van der Waals surface area contributed by atoms with Gasteiger partial charge in [-0.15, -0.1) is 0 Å². The largest absolute Gasteiger partial charge is 0.457 e. The average molecular weight is 483 g/mol. The summed E-state index contributed by atoms with van der Waals surface area (Å²) in [6, 6.07) is 0. The quantitative estimate of drug-likeness (QED) is 0.0722. The van der Waals surface area contributed by atoms with Crippen molar-refractivity contribution in [2.45, 2.75) is 155 Å². The van der Waals surface area contributed by atoms with Gasteiger partial charge < -0.3 is 14.6 Å². The number of carbonyl (C=O) groups excluding carboxylic acids is 1. The Hall–Kier alpha value is -0.870. The summed E-state index contributed by atoms with van der Waals surface area (Å²) >= 11 is 0. The second-order valence-electron chi connectivity index (χ2n) is 9.82. The van der Waals surface area contributed by atoms with Gasteiger partial charge in [-0.2, -0.15) is 0 Å². The molecule has 0 saturated heterocycles. The van der Waals surface area contributed by atoms with E-state index in [1.807, 2.05) is 0 Å². The molecule has 1 N–H and O–H groups in total. The van der Waals surface area contributed by atoms with Crippen LogP contribution >= 0.6 is 0 Å². The average Bonchev–Trinajstić information content (AvgIpc) is 2.84. The van der Waals surface area contributed by atoms with E-state index in [1.54, 1.807) is 0 Å². The summed E-state index contributed by atoms with van der Waals surface area (Å²) < 4.78 is 11.0. The maximum Gasteiger partial charge on any atom is 0.306 e. The molecule has 4 heteroatoms. The van der Waals surface area contributed by atoms with E-state index in [4.69, 9.17) is 9.47 Å². The van der Waals surface area contributed by atoms with E-state index in [-0.39, 0.29) is 12.6 Å². The molecule has 0 radical (unpaired) electrons. The molecule has 0 fully saturated rings. The number of esters is 1. The van der Waals surface area contributed by atoms with Crippen LogP contribution in [-0.4, -0.2) is 37.0 Å². The number of ether oxygens (including phenoxy) is 2. The van der Waals surface area contributed by atoms with E-state index in [0.717, 1.165) is 19.3 Å². The molecule has 1 unspecified atom stereocenters. The molecule has 0 aliphatic heterocycles. The van der Waals surface area contributed by atoms with Crippen LogP contribution in [0.1, 0.15) is 149 Å². The Morgan fingerprint density at radius 1 is 0.676 bits per heavy atom. The van der Waals surface area contributed by atoms with Crippen LogP contribution in [-0.2, 0) is 14.3 Å². The molecule has 0 aromatic rings. The van der Waals surface area contributed by atoms with Crippen molar-refractivity contribution >= 4 is 5.97 Å². The molecule has 0 heterocycles. The summed E-state index contributed by atoms with van der Waals surface area (Å²) in [6.45, 7) is 5.28. The van der Waals surface area contributed by atoms with E-state index in [2.05, 4.69) is 26.0 Å². The minimum absolute atomic E-state index is 0.170. The van der Waals surface area contributed by atoms with Crippen molar-refractivity contribution in [1.29, 1.82) is 0 Å². The van der Waals surface area contributed by atoms with Gasteiger partial charge in [-0.3, -0.25) is 4.79 Å². The third-order valence-electron chi connectivity index (χ3n) is 6.34. The predicted octanol–water partition coefficient (Wildman–Crippen LogP) is 8.70. The van der Waals surface area contributed by atoms with Gasteiger partial charge in [0.2, 0.25) is 0 Å². The lowest BCUT2D eigenvalue weighted by atomic mass is 10.1. The molecule has 0 spiro atoms. The first-order valence-electron chi connectivity index (χ1n) is 14.8. The molecule has 0 saturated carbocycles. The third-order valence-corrected chi connectivity index (χ3v) is 6.34. The molecule has 4 nitrogen and oxygen atoms in total. The topological polar surface area (TPSA) is 55.8 Å². The minimum atomic E-state index is -0.527. The number of unbranched alkanes of at least 4 members (excludes halogenated alkanes) is 17. The fraction of sp³-hybridized carbons (Fsp3) is 0.900. The number of hydrogen-bond donors (Lipinski definition) is 1. The molecule has 0 aliphatic rings. The molecule has 0 bridgehead atoms. The van der Waals surface area contributed by atoms with Crippen LogP contribution in [0.2, 0.25) is 0 Å². The minimum Gasteiger partial charge on any atom is -0.457 e. The number of carbonyl (C=O) groups is 1.